The van der Waals surface area contributed by atoms with Crippen LogP contribution in [0.5, 0.6) is 0 Å². The third-order valence-electron chi connectivity index (χ3n) is 4.99. The van der Waals surface area contributed by atoms with Crippen LogP contribution in [-0.2, 0) is 19.9 Å². The minimum absolute atomic E-state index is 0.0258. The molecule has 0 saturated carbocycles. The zero-order valence-corrected chi connectivity index (χ0v) is 18.9. The molecule has 0 radical (unpaired) electrons. The zero-order chi connectivity index (χ0) is 21.5. The lowest BCUT2D eigenvalue weighted by Gasteiger charge is -2.13. The summed E-state index contributed by atoms with van der Waals surface area (Å²) < 4.78 is 45.8. The van der Waals surface area contributed by atoms with Gasteiger partial charge in [0.2, 0.25) is 0 Å². The number of benzene rings is 3. The summed E-state index contributed by atoms with van der Waals surface area (Å²) in [6.07, 6.45) is 0. The molecule has 1 aliphatic rings. The van der Waals surface area contributed by atoms with E-state index in [4.69, 9.17) is 11.6 Å². The molecule has 1 aliphatic heterocycles. The molecule has 3 aromatic rings. The maximum atomic E-state index is 14.1. The molecule has 5 nitrogen and oxygen atoms in total. The van der Waals surface area contributed by atoms with Gasteiger partial charge in [-0.3, -0.25) is 0 Å². The van der Waals surface area contributed by atoms with E-state index in [0.29, 0.717) is 16.5 Å². The monoisotopic (exact) mass is 460 g/mol. The lowest BCUT2D eigenvalue weighted by atomic mass is 10.2. The van der Waals surface area contributed by atoms with Crippen LogP contribution in [0, 0.1) is 13.8 Å². The van der Waals surface area contributed by atoms with Crippen molar-refractivity contribution in [2.24, 2.45) is 3.77 Å². The molecule has 30 heavy (non-hydrogen) atoms. The molecule has 0 N–H and O–H groups in total. The van der Waals surface area contributed by atoms with Crippen molar-refractivity contribution in [2.45, 2.75) is 29.7 Å². The van der Waals surface area contributed by atoms with Crippen LogP contribution >= 0.6 is 11.6 Å². The molecule has 0 spiro atoms. The number of hydrogen-bond acceptors (Lipinski definition) is 3. The van der Waals surface area contributed by atoms with Gasteiger partial charge >= 0.3 is 0 Å². The third-order valence-corrected chi connectivity index (χ3v) is 9.62. The van der Waals surface area contributed by atoms with E-state index in [2.05, 4.69) is 3.77 Å². The predicted octanol–water partition coefficient (Wildman–Crippen LogP) is 5.14. The summed E-state index contributed by atoms with van der Waals surface area (Å²) in [7, 11) is -7.50. The number of sulfonamides is 1. The average Bonchev–Trinajstić information content (AvgIpc) is 3.50. The Bertz CT molecular complexity index is 1290. The first-order valence-corrected chi connectivity index (χ1v) is 12.7. The van der Waals surface area contributed by atoms with Crippen LogP contribution in [0.15, 0.2) is 86.4 Å². The van der Waals surface area contributed by atoms with Crippen LogP contribution in [0.25, 0.3) is 0 Å². The second kappa shape index (κ2) is 7.81. The van der Waals surface area contributed by atoms with Crippen molar-refractivity contribution in [2.75, 3.05) is 6.54 Å². The molecule has 156 valence electrons. The number of halogens is 1. The van der Waals surface area contributed by atoms with Crippen LogP contribution in [0.1, 0.15) is 22.7 Å². The Morgan fingerprint density at radius 3 is 1.83 bits per heavy atom. The summed E-state index contributed by atoms with van der Waals surface area (Å²) in [6, 6.07) is 20.4. The van der Waals surface area contributed by atoms with E-state index in [9.17, 15) is 12.6 Å². The van der Waals surface area contributed by atoms with Crippen molar-refractivity contribution in [3.05, 3.63) is 94.5 Å². The molecular weight excluding hydrogens is 440 g/mol. The first kappa shape index (κ1) is 21.1. The van der Waals surface area contributed by atoms with Gasteiger partial charge < -0.3 is 0 Å². The highest BCUT2D eigenvalue weighted by atomic mass is 35.5. The smallest absolute Gasteiger partial charge is 0.227 e. The lowest BCUT2D eigenvalue weighted by Crippen LogP contribution is -2.15. The molecule has 0 amide bonds. The molecule has 0 aliphatic carbocycles. The van der Waals surface area contributed by atoms with Gasteiger partial charge in [-0.2, -0.15) is 8.42 Å². The van der Waals surface area contributed by atoms with Crippen molar-refractivity contribution in [1.29, 1.82) is 0 Å². The Morgan fingerprint density at radius 1 is 0.800 bits per heavy atom. The highest BCUT2D eigenvalue weighted by molar-refractivity contribution is 8.02. The number of nitrogens with zero attached hydrogens (tertiary/aromatic N) is 2. The van der Waals surface area contributed by atoms with E-state index in [1.807, 2.05) is 38.1 Å². The topological polar surface area (TPSA) is 66.6 Å². The van der Waals surface area contributed by atoms with Gasteiger partial charge in [-0.1, -0.05) is 62.9 Å². The Morgan fingerprint density at radius 2 is 1.30 bits per heavy atom. The largest absolute Gasteiger partial charge is 0.291 e. The van der Waals surface area contributed by atoms with Crippen molar-refractivity contribution in [3.8, 4) is 0 Å². The van der Waals surface area contributed by atoms with Crippen LogP contribution in [0.4, 0.5) is 0 Å². The number of hydrogen-bond donors (Lipinski definition) is 0. The second-order valence-electron chi connectivity index (χ2n) is 7.34. The van der Waals surface area contributed by atoms with Crippen LogP contribution in [0.3, 0.4) is 0 Å². The first-order chi connectivity index (χ1) is 14.2. The molecule has 1 heterocycles. The summed E-state index contributed by atoms with van der Waals surface area (Å²) in [4.78, 5) is 0.401. The number of rotatable bonds is 5. The Balaban J connectivity index is 1.82. The minimum atomic E-state index is -4.12. The van der Waals surface area contributed by atoms with Crippen molar-refractivity contribution < 1.29 is 12.6 Å². The maximum absolute atomic E-state index is 14.1. The Kier molecular flexibility index (Phi) is 5.48. The molecule has 4 rings (SSSR count). The molecule has 1 fully saturated rings. The maximum Gasteiger partial charge on any atom is 0.291 e. The summed E-state index contributed by atoms with van der Waals surface area (Å²) in [5.41, 5.74) is 2.84. The van der Waals surface area contributed by atoms with Gasteiger partial charge in [0.15, 0.2) is 9.92 Å². The van der Waals surface area contributed by atoms with Crippen molar-refractivity contribution >= 4 is 31.5 Å². The second-order valence-corrected chi connectivity index (χ2v) is 11.7. The van der Waals surface area contributed by atoms with Gasteiger partial charge in [0.25, 0.3) is 10.0 Å². The SMILES string of the molecule is Cc1ccc(S(=O)(=O)N=S(=O)(c2ccc(C)cc2)N2CC2c2ccc(Cl)cc2)cc1. The van der Waals surface area contributed by atoms with Gasteiger partial charge in [-0.15, -0.1) is 0 Å². The Hall–Kier alpha value is -2.19. The molecule has 0 aromatic heterocycles. The van der Waals surface area contributed by atoms with Gasteiger partial charge in [0.1, 0.15) is 0 Å². The molecule has 1 saturated heterocycles. The molecule has 3 unspecified atom stereocenters. The van der Waals surface area contributed by atoms with E-state index in [0.717, 1.165) is 16.7 Å². The van der Waals surface area contributed by atoms with Gasteiger partial charge in [-0.25, -0.2) is 8.51 Å². The standard InChI is InChI=1S/C22H21ClN2O3S2/c1-16-3-11-20(12-4-16)29(26,24-30(27,28)21-13-5-17(2)6-14-21)25-15-22(25)18-7-9-19(23)10-8-18/h3-14,22H,15H2,1-2H3. The number of aryl methyl sites for hydroxylation is 2. The van der Waals surface area contributed by atoms with Crippen molar-refractivity contribution in [3.63, 3.8) is 0 Å². The van der Waals surface area contributed by atoms with E-state index >= 15 is 0 Å². The average molecular weight is 461 g/mol. The molecular formula is C22H21ClN2O3S2. The van der Waals surface area contributed by atoms with Crippen LogP contribution in [-0.4, -0.2) is 23.5 Å². The van der Waals surface area contributed by atoms with Crippen molar-refractivity contribution in [1.82, 2.24) is 4.31 Å². The summed E-state index contributed by atoms with van der Waals surface area (Å²) in [5.74, 6) is 0. The van der Waals surface area contributed by atoms with Gasteiger partial charge in [0.05, 0.1) is 15.8 Å². The fourth-order valence-corrected chi connectivity index (χ4v) is 7.45. The highest BCUT2D eigenvalue weighted by Crippen LogP contribution is 2.42. The zero-order valence-electron chi connectivity index (χ0n) is 16.5. The minimum Gasteiger partial charge on any atom is -0.227 e. The summed E-state index contributed by atoms with van der Waals surface area (Å²) >= 11 is 5.97. The van der Waals surface area contributed by atoms with Gasteiger partial charge in [0, 0.05) is 11.6 Å². The molecule has 3 aromatic carbocycles. The van der Waals surface area contributed by atoms with E-state index in [1.54, 1.807) is 40.7 Å². The van der Waals surface area contributed by atoms with E-state index in [-0.39, 0.29) is 10.9 Å². The fraction of sp³-hybridized carbons (Fsp3) is 0.182. The Labute approximate surface area is 182 Å². The van der Waals surface area contributed by atoms with Gasteiger partial charge in [-0.05, 0) is 55.8 Å². The summed E-state index contributed by atoms with van der Waals surface area (Å²) in [5, 5.41) is 0.608. The summed E-state index contributed by atoms with van der Waals surface area (Å²) in [6.45, 7) is 4.23. The highest BCUT2D eigenvalue weighted by Gasteiger charge is 2.45. The molecule has 8 heteroatoms. The molecule has 3 atom stereocenters. The molecule has 0 bridgehead atoms. The van der Waals surface area contributed by atoms with Crippen LogP contribution < -0.4 is 0 Å². The fourth-order valence-electron chi connectivity index (χ4n) is 3.18. The third kappa shape index (κ3) is 4.16. The predicted molar refractivity (Wildman–Crippen MR) is 119 cm³/mol. The first-order valence-electron chi connectivity index (χ1n) is 9.38. The normalized spacial score (nSPS) is 20.4. The van der Waals surface area contributed by atoms with E-state index in [1.165, 1.54) is 12.1 Å². The lowest BCUT2D eigenvalue weighted by molar-refractivity contribution is 0.596. The quantitative estimate of drug-likeness (QED) is 0.495. The van der Waals surface area contributed by atoms with E-state index < -0.39 is 19.9 Å². The van der Waals surface area contributed by atoms with Crippen LogP contribution in [0.2, 0.25) is 5.02 Å².